The Labute approximate surface area is 203 Å². The third kappa shape index (κ3) is 4.29. The maximum Gasteiger partial charge on any atom is 0.573 e. The normalized spacial score (nSPS) is 17.5. The summed E-state index contributed by atoms with van der Waals surface area (Å²) in [6.07, 6.45) is -4.87. The summed E-state index contributed by atoms with van der Waals surface area (Å²) in [6, 6.07) is 25.0. The second-order valence-electron chi connectivity index (χ2n) is 8.18. The van der Waals surface area contributed by atoms with Gasteiger partial charge < -0.3 is 9.84 Å². The van der Waals surface area contributed by atoms with Crippen molar-refractivity contribution in [3.63, 3.8) is 0 Å². The van der Waals surface area contributed by atoms with Crippen LogP contribution in [0.4, 0.5) is 18.9 Å². The smallest absolute Gasteiger partial charge is 0.507 e. The first-order valence-corrected chi connectivity index (χ1v) is 10.9. The van der Waals surface area contributed by atoms with Crippen molar-refractivity contribution in [2.75, 3.05) is 4.90 Å². The zero-order valence-corrected chi connectivity index (χ0v) is 18.6. The number of alkyl halides is 3. The number of rotatable bonds is 4. The Balaban J connectivity index is 1.64. The molecular weight excluding hydrogens is 471 g/mol. The number of benzene rings is 4. The molecule has 1 fully saturated rings. The van der Waals surface area contributed by atoms with Crippen molar-refractivity contribution in [2.24, 2.45) is 0 Å². The average Bonchev–Trinajstić information content (AvgIpc) is 3.13. The standard InChI is InChI=1S/C28H18F3NO4/c29-28(30,31)36-22-14-12-21(13-15-22)32-24(18-7-2-1-3-8-18)23(26(34)27(32)35)25(33)20-11-10-17-6-4-5-9-19(17)16-20/h1-16,24,33H/b25-23-. The summed E-state index contributed by atoms with van der Waals surface area (Å²) < 4.78 is 41.6. The van der Waals surface area contributed by atoms with Crippen molar-refractivity contribution < 1.29 is 32.6 Å². The third-order valence-corrected chi connectivity index (χ3v) is 5.93. The second kappa shape index (κ2) is 8.88. The van der Waals surface area contributed by atoms with E-state index in [0.29, 0.717) is 11.1 Å². The maximum atomic E-state index is 13.2. The number of ketones is 1. The molecule has 1 amide bonds. The van der Waals surface area contributed by atoms with E-state index in [0.717, 1.165) is 22.9 Å². The predicted octanol–water partition coefficient (Wildman–Crippen LogP) is 6.36. The highest BCUT2D eigenvalue weighted by molar-refractivity contribution is 6.51. The molecule has 8 heteroatoms. The highest BCUT2D eigenvalue weighted by Crippen LogP contribution is 2.42. The fourth-order valence-electron chi connectivity index (χ4n) is 4.35. The van der Waals surface area contributed by atoms with Gasteiger partial charge in [0.25, 0.3) is 11.7 Å². The SMILES string of the molecule is O=C1C(=O)N(c2ccc(OC(F)(F)F)cc2)C(c2ccccc2)/C1=C(/O)c1ccc2ccccc2c1. The summed E-state index contributed by atoms with van der Waals surface area (Å²) in [5, 5.41) is 13.1. The van der Waals surface area contributed by atoms with Gasteiger partial charge in [0.15, 0.2) is 0 Å². The molecule has 4 aromatic rings. The highest BCUT2D eigenvalue weighted by atomic mass is 19.4. The van der Waals surface area contributed by atoms with Crippen molar-refractivity contribution in [1.29, 1.82) is 0 Å². The van der Waals surface area contributed by atoms with Crippen LogP contribution in [0.1, 0.15) is 17.2 Å². The van der Waals surface area contributed by atoms with Crippen LogP contribution < -0.4 is 9.64 Å². The molecule has 0 radical (unpaired) electrons. The molecule has 0 bridgehead atoms. The zero-order valence-electron chi connectivity index (χ0n) is 18.6. The minimum absolute atomic E-state index is 0.114. The Morgan fingerprint density at radius 2 is 1.44 bits per heavy atom. The molecule has 0 saturated carbocycles. The summed E-state index contributed by atoms with van der Waals surface area (Å²) >= 11 is 0. The molecule has 4 aromatic carbocycles. The van der Waals surface area contributed by atoms with Gasteiger partial charge in [0, 0.05) is 11.3 Å². The molecule has 5 nitrogen and oxygen atoms in total. The van der Waals surface area contributed by atoms with E-state index in [1.54, 1.807) is 48.5 Å². The van der Waals surface area contributed by atoms with E-state index >= 15 is 0 Å². The van der Waals surface area contributed by atoms with Gasteiger partial charge in [-0.1, -0.05) is 66.7 Å². The van der Waals surface area contributed by atoms with Gasteiger partial charge in [-0.05, 0) is 46.7 Å². The van der Waals surface area contributed by atoms with Crippen LogP contribution in [-0.2, 0) is 9.59 Å². The molecule has 1 atom stereocenters. The predicted molar refractivity (Wildman–Crippen MR) is 128 cm³/mol. The monoisotopic (exact) mass is 489 g/mol. The van der Waals surface area contributed by atoms with Crippen LogP contribution in [0.5, 0.6) is 5.75 Å². The van der Waals surface area contributed by atoms with Gasteiger partial charge in [-0.15, -0.1) is 13.2 Å². The number of carbonyl (C=O) groups excluding carboxylic acids is 2. The van der Waals surface area contributed by atoms with Crippen molar-refractivity contribution in [3.8, 4) is 5.75 Å². The molecule has 1 unspecified atom stereocenters. The van der Waals surface area contributed by atoms with E-state index in [9.17, 15) is 27.9 Å². The average molecular weight is 489 g/mol. The molecule has 1 aliphatic heterocycles. The van der Waals surface area contributed by atoms with Crippen LogP contribution in [0, 0.1) is 0 Å². The fourth-order valence-corrected chi connectivity index (χ4v) is 4.35. The Bertz CT molecular complexity index is 1500. The molecule has 1 saturated heterocycles. The van der Waals surface area contributed by atoms with Crippen molar-refractivity contribution >= 4 is 33.9 Å². The largest absolute Gasteiger partial charge is 0.573 e. The molecular formula is C28H18F3NO4. The number of halogens is 3. The van der Waals surface area contributed by atoms with E-state index in [-0.39, 0.29) is 17.0 Å². The van der Waals surface area contributed by atoms with Crippen LogP contribution in [0.25, 0.3) is 16.5 Å². The lowest BCUT2D eigenvalue weighted by molar-refractivity contribution is -0.274. The Morgan fingerprint density at radius 3 is 2.11 bits per heavy atom. The maximum absolute atomic E-state index is 13.2. The number of amides is 1. The number of anilines is 1. The first-order valence-electron chi connectivity index (χ1n) is 10.9. The van der Waals surface area contributed by atoms with E-state index in [4.69, 9.17) is 0 Å². The topological polar surface area (TPSA) is 66.8 Å². The van der Waals surface area contributed by atoms with Crippen LogP contribution in [0.3, 0.4) is 0 Å². The van der Waals surface area contributed by atoms with E-state index in [2.05, 4.69) is 4.74 Å². The summed E-state index contributed by atoms with van der Waals surface area (Å²) in [4.78, 5) is 27.6. The number of aliphatic hydroxyl groups excluding tert-OH is 1. The van der Waals surface area contributed by atoms with Crippen molar-refractivity contribution in [3.05, 3.63) is 114 Å². The number of fused-ring (bicyclic) bond motifs is 1. The second-order valence-corrected chi connectivity index (χ2v) is 8.18. The Morgan fingerprint density at radius 1 is 0.806 bits per heavy atom. The number of hydrogen-bond acceptors (Lipinski definition) is 4. The molecule has 0 spiro atoms. The van der Waals surface area contributed by atoms with Gasteiger partial charge >= 0.3 is 6.36 Å². The van der Waals surface area contributed by atoms with Crippen molar-refractivity contribution in [2.45, 2.75) is 12.4 Å². The molecule has 0 aromatic heterocycles. The van der Waals surface area contributed by atoms with E-state index in [1.807, 2.05) is 24.3 Å². The minimum Gasteiger partial charge on any atom is -0.507 e. The third-order valence-electron chi connectivity index (χ3n) is 5.93. The molecule has 1 N–H and O–H groups in total. The number of carbonyl (C=O) groups is 2. The van der Waals surface area contributed by atoms with Gasteiger partial charge in [0.1, 0.15) is 11.5 Å². The van der Waals surface area contributed by atoms with Crippen LogP contribution >= 0.6 is 0 Å². The number of nitrogens with zero attached hydrogens (tertiary/aromatic N) is 1. The first-order chi connectivity index (χ1) is 17.2. The summed E-state index contributed by atoms with van der Waals surface area (Å²) in [7, 11) is 0. The molecule has 5 rings (SSSR count). The van der Waals surface area contributed by atoms with Gasteiger partial charge in [0.2, 0.25) is 0 Å². The zero-order chi connectivity index (χ0) is 25.4. The van der Waals surface area contributed by atoms with Gasteiger partial charge in [-0.3, -0.25) is 14.5 Å². The summed E-state index contributed by atoms with van der Waals surface area (Å²) in [6.45, 7) is 0. The molecule has 36 heavy (non-hydrogen) atoms. The first kappa shape index (κ1) is 23.2. The van der Waals surface area contributed by atoms with E-state index in [1.165, 1.54) is 17.0 Å². The number of aliphatic hydroxyl groups is 1. The number of hydrogen-bond donors (Lipinski definition) is 1. The van der Waals surface area contributed by atoms with Crippen LogP contribution in [0.2, 0.25) is 0 Å². The van der Waals surface area contributed by atoms with Crippen molar-refractivity contribution in [1.82, 2.24) is 0 Å². The van der Waals surface area contributed by atoms with Crippen LogP contribution in [0.15, 0.2) is 103 Å². The summed E-state index contributed by atoms with van der Waals surface area (Å²) in [5.41, 5.74) is 0.978. The summed E-state index contributed by atoms with van der Waals surface area (Å²) in [5.74, 6) is -2.61. The Kier molecular flexibility index (Phi) is 5.72. The molecule has 1 aliphatic rings. The molecule has 1 heterocycles. The van der Waals surface area contributed by atoms with Gasteiger partial charge in [-0.25, -0.2) is 0 Å². The van der Waals surface area contributed by atoms with E-state index < -0.39 is 29.8 Å². The number of ether oxygens (including phenoxy) is 1. The quantitative estimate of drug-likeness (QED) is 0.206. The van der Waals surface area contributed by atoms with Crippen LogP contribution in [-0.4, -0.2) is 23.2 Å². The Hall–Kier alpha value is -4.59. The van der Waals surface area contributed by atoms with Gasteiger partial charge in [0.05, 0.1) is 11.6 Å². The minimum atomic E-state index is -4.87. The molecule has 180 valence electrons. The fraction of sp³-hybridized carbons (Fsp3) is 0.0714. The highest BCUT2D eigenvalue weighted by Gasteiger charge is 2.47. The van der Waals surface area contributed by atoms with Gasteiger partial charge in [-0.2, -0.15) is 0 Å². The lowest BCUT2D eigenvalue weighted by Gasteiger charge is -2.25. The lowest BCUT2D eigenvalue weighted by Crippen LogP contribution is -2.29. The lowest BCUT2D eigenvalue weighted by atomic mass is 9.94. The molecule has 0 aliphatic carbocycles. The number of Topliss-reactive ketones (excluding diaryl/α,β-unsaturated/α-hetero) is 1.